The van der Waals surface area contributed by atoms with Gasteiger partial charge in [-0.15, -0.1) is 0 Å². The van der Waals surface area contributed by atoms with Crippen molar-refractivity contribution in [3.8, 4) is 0 Å². The summed E-state index contributed by atoms with van der Waals surface area (Å²) in [5, 5.41) is 10.7. The maximum absolute atomic E-state index is 11.4. The van der Waals surface area contributed by atoms with E-state index in [2.05, 4.69) is 11.1 Å². The summed E-state index contributed by atoms with van der Waals surface area (Å²) in [6.07, 6.45) is 6.40. The Morgan fingerprint density at radius 2 is 1.68 bits per heavy atom. The summed E-state index contributed by atoms with van der Waals surface area (Å²) in [6.45, 7) is 0.664. The van der Waals surface area contributed by atoms with Crippen LogP contribution in [0.4, 0.5) is 0 Å². The molecule has 1 atom stereocenters. The topological polar surface area (TPSA) is 113 Å². The van der Waals surface area contributed by atoms with Crippen LogP contribution in [0.15, 0.2) is 0 Å². The average Bonchev–Trinajstić information content (AvgIpc) is 2.41. The van der Waals surface area contributed by atoms with Crippen LogP contribution in [0.5, 0.6) is 0 Å². The van der Waals surface area contributed by atoms with Gasteiger partial charge in [-0.3, -0.25) is 9.35 Å². The summed E-state index contributed by atoms with van der Waals surface area (Å²) in [4.78, 5) is 11.4. The largest absolute Gasteiger partial charge is 1.00 e. The van der Waals surface area contributed by atoms with Crippen molar-refractivity contribution in [1.29, 1.82) is 0 Å². The molecule has 7 nitrogen and oxygen atoms in total. The van der Waals surface area contributed by atoms with E-state index in [1.165, 1.54) is 19.3 Å². The molecule has 0 aromatic rings. The molecule has 1 unspecified atom stereocenters. The van der Waals surface area contributed by atoms with Crippen LogP contribution < -0.4 is 34.7 Å². The minimum Gasteiger partial charge on any atom is -0.852 e. The van der Waals surface area contributed by atoms with Crippen LogP contribution in [0.1, 0.15) is 58.3 Å². The Hall–Kier alpha value is 0.300. The second-order valence-electron chi connectivity index (χ2n) is 4.86. The summed E-state index contributed by atoms with van der Waals surface area (Å²) in [6, 6.07) is 0. The van der Waals surface area contributed by atoms with Gasteiger partial charge in [-0.1, -0.05) is 52.1 Å². The molecule has 0 aliphatic heterocycles. The normalized spacial score (nSPS) is 12.5. The molecular formula is C13H25NaO7S. The second kappa shape index (κ2) is 14.9. The van der Waals surface area contributed by atoms with Crippen molar-refractivity contribution >= 4 is 16.4 Å². The van der Waals surface area contributed by atoms with Crippen molar-refractivity contribution in [2.75, 3.05) is 13.2 Å². The fraction of sp³-hybridized carbons (Fsp3) is 0.923. The standard InChI is InChI=1S/C13H25O7S.Na/c1-2-3-4-5-6-7-8-9-13(15)20-12(10-14)11-19-21(16,17)18;/h12H,2-11H2,1H3,(H,16,17,18);/q-1;+1. The summed E-state index contributed by atoms with van der Waals surface area (Å²) < 4.78 is 37.9. The van der Waals surface area contributed by atoms with E-state index in [4.69, 9.17) is 9.29 Å². The van der Waals surface area contributed by atoms with Gasteiger partial charge in [0.1, 0.15) is 12.7 Å². The number of rotatable bonds is 13. The van der Waals surface area contributed by atoms with E-state index in [9.17, 15) is 18.3 Å². The molecule has 22 heavy (non-hydrogen) atoms. The van der Waals surface area contributed by atoms with E-state index in [1.807, 2.05) is 0 Å². The number of ether oxygens (including phenoxy) is 1. The van der Waals surface area contributed by atoms with Crippen molar-refractivity contribution in [2.45, 2.75) is 64.4 Å². The third-order valence-corrected chi connectivity index (χ3v) is 3.31. The van der Waals surface area contributed by atoms with Gasteiger partial charge in [0.25, 0.3) is 0 Å². The molecule has 0 spiro atoms. The fourth-order valence-corrected chi connectivity index (χ4v) is 2.07. The molecular weight excluding hydrogens is 323 g/mol. The summed E-state index contributed by atoms with van der Waals surface area (Å²) in [5.41, 5.74) is 0. The minimum atomic E-state index is -4.63. The summed E-state index contributed by atoms with van der Waals surface area (Å²) >= 11 is 0. The smallest absolute Gasteiger partial charge is 0.852 e. The molecule has 0 heterocycles. The first-order valence-corrected chi connectivity index (χ1v) is 8.65. The van der Waals surface area contributed by atoms with Gasteiger partial charge in [-0.25, -0.2) is 4.18 Å². The molecule has 0 aliphatic rings. The Labute approximate surface area is 155 Å². The first kappa shape index (κ1) is 24.6. The molecule has 0 bridgehead atoms. The SMILES string of the molecule is CCCCCCCCCC(=O)OC(C[O-])COS(=O)(=O)O.[Na+]. The van der Waals surface area contributed by atoms with E-state index >= 15 is 0 Å². The first-order chi connectivity index (χ1) is 9.89. The Morgan fingerprint density at radius 3 is 2.18 bits per heavy atom. The molecule has 0 aromatic heterocycles. The molecule has 0 fully saturated rings. The molecule has 0 saturated heterocycles. The molecule has 0 amide bonds. The van der Waals surface area contributed by atoms with Gasteiger partial charge in [0, 0.05) is 6.42 Å². The Kier molecular flexibility index (Phi) is 16.6. The summed E-state index contributed by atoms with van der Waals surface area (Å²) in [5.74, 6) is -0.552. The van der Waals surface area contributed by atoms with Gasteiger partial charge in [-0.05, 0) is 6.42 Å². The van der Waals surface area contributed by atoms with Crippen LogP contribution in [0, 0.1) is 0 Å². The van der Waals surface area contributed by atoms with Crippen molar-refractivity contribution in [2.24, 2.45) is 0 Å². The molecule has 0 rings (SSSR count). The third kappa shape index (κ3) is 16.7. The number of unbranched alkanes of at least 4 members (excludes halogenated alkanes) is 6. The van der Waals surface area contributed by atoms with Crippen LogP contribution >= 0.6 is 0 Å². The molecule has 0 aliphatic carbocycles. The quantitative estimate of drug-likeness (QED) is 0.181. The van der Waals surface area contributed by atoms with Crippen LogP contribution in [-0.2, 0) is 24.1 Å². The van der Waals surface area contributed by atoms with Crippen molar-refractivity contribution in [1.82, 2.24) is 0 Å². The summed E-state index contributed by atoms with van der Waals surface area (Å²) in [7, 11) is -4.63. The van der Waals surface area contributed by atoms with Crippen LogP contribution in [0.3, 0.4) is 0 Å². The van der Waals surface area contributed by atoms with Gasteiger partial charge >= 0.3 is 45.9 Å². The molecule has 0 radical (unpaired) electrons. The molecule has 0 aromatic carbocycles. The maximum atomic E-state index is 11.4. The van der Waals surface area contributed by atoms with E-state index in [0.29, 0.717) is 6.42 Å². The van der Waals surface area contributed by atoms with E-state index in [-0.39, 0.29) is 36.0 Å². The number of carbonyl (C=O) groups excluding carboxylic acids is 1. The van der Waals surface area contributed by atoms with Crippen LogP contribution in [-0.4, -0.2) is 38.3 Å². The second-order valence-corrected chi connectivity index (χ2v) is 5.95. The predicted octanol–water partition coefficient (Wildman–Crippen LogP) is -1.78. The van der Waals surface area contributed by atoms with Gasteiger partial charge in [-0.2, -0.15) is 8.42 Å². The van der Waals surface area contributed by atoms with Crippen molar-refractivity contribution < 1.29 is 61.3 Å². The minimum absolute atomic E-state index is 0. The third-order valence-electron chi connectivity index (χ3n) is 2.87. The molecule has 1 N–H and O–H groups in total. The molecule has 126 valence electrons. The van der Waals surface area contributed by atoms with Crippen LogP contribution in [0.2, 0.25) is 0 Å². The zero-order valence-corrected chi connectivity index (χ0v) is 16.3. The van der Waals surface area contributed by atoms with Gasteiger partial charge < -0.3 is 9.84 Å². The number of hydrogen-bond donors (Lipinski definition) is 1. The van der Waals surface area contributed by atoms with E-state index in [1.54, 1.807) is 0 Å². The predicted molar refractivity (Wildman–Crippen MR) is 74.9 cm³/mol. The fourth-order valence-electron chi connectivity index (χ4n) is 1.75. The van der Waals surface area contributed by atoms with Gasteiger partial charge in [0.15, 0.2) is 0 Å². The van der Waals surface area contributed by atoms with E-state index < -0.39 is 35.7 Å². The number of hydrogen-bond acceptors (Lipinski definition) is 6. The molecule has 9 heteroatoms. The Bertz CT molecular complexity index is 373. The van der Waals surface area contributed by atoms with Gasteiger partial charge in [0.05, 0.1) is 0 Å². The first-order valence-electron chi connectivity index (χ1n) is 7.28. The Balaban J connectivity index is 0. The van der Waals surface area contributed by atoms with Crippen molar-refractivity contribution in [3.63, 3.8) is 0 Å². The van der Waals surface area contributed by atoms with E-state index in [0.717, 1.165) is 19.3 Å². The maximum Gasteiger partial charge on any atom is 1.00 e. The Morgan fingerprint density at radius 1 is 1.14 bits per heavy atom. The molecule has 0 saturated carbocycles. The zero-order chi connectivity index (χ0) is 16.1. The van der Waals surface area contributed by atoms with Crippen LogP contribution in [0.25, 0.3) is 0 Å². The number of carbonyl (C=O) groups is 1. The van der Waals surface area contributed by atoms with Gasteiger partial charge in [0.2, 0.25) is 0 Å². The number of esters is 1. The monoisotopic (exact) mass is 348 g/mol. The average molecular weight is 348 g/mol. The zero-order valence-electron chi connectivity index (χ0n) is 13.5. The van der Waals surface area contributed by atoms with Crippen molar-refractivity contribution in [3.05, 3.63) is 0 Å².